The van der Waals surface area contributed by atoms with E-state index in [0.29, 0.717) is 5.02 Å². The van der Waals surface area contributed by atoms with Gasteiger partial charge < -0.3 is 0 Å². The third kappa shape index (κ3) is 2.55. The van der Waals surface area contributed by atoms with Crippen LogP contribution in [-0.4, -0.2) is 25.4 Å². The molecule has 0 aromatic heterocycles. The van der Waals surface area contributed by atoms with E-state index in [1.807, 2.05) is 62.5 Å². The average Bonchev–Trinajstić information content (AvgIpc) is 2.87. The van der Waals surface area contributed by atoms with Gasteiger partial charge in [0.1, 0.15) is 0 Å². The Labute approximate surface area is 135 Å². The number of rotatable bonds is 3. The van der Waals surface area contributed by atoms with Crippen LogP contribution in [0.2, 0.25) is 5.02 Å². The van der Waals surface area contributed by atoms with Crippen molar-refractivity contribution in [2.75, 3.05) is 11.9 Å². The van der Waals surface area contributed by atoms with Crippen LogP contribution in [0.4, 0.5) is 10.5 Å². The van der Waals surface area contributed by atoms with Crippen molar-refractivity contribution in [2.24, 2.45) is 0 Å². The molecule has 1 amide bonds. The van der Waals surface area contributed by atoms with Gasteiger partial charge in [-0.15, -0.1) is 0 Å². The molecule has 3 nitrogen and oxygen atoms in total. The number of amides is 1. The predicted octanol–water partition coefficient (Wildman–Crippen LogP) is 3.38. The third-order valence-electron chi connectivity index (χ3n) is 3.89. The van der Waals surface area contributed by atoms with Crippen LogP contribution in [-0.2, 0) is 0 Å². The number of carbonyl (C=O) groups excluding carboxylic acids is 1. The molecule has 1 N–H and O–H groups in total. The molecule has 0 radical (unpaired) electrons. The first-order valence-corrected chi connectivity index (χ1v) is 7.53. The van der Waals surface area contributed by atoms with Crippen LogP contribution in [0.1, 0.15) is 17.2 Å². The van der Waals surface area contributed by atoms with Crippen LogP contribution in [0.3, 0.4) is 0 Å². The molecule has 1 heterocycles. The Hall–Kier alpha value is -2.07. The summed E-state index contributed by atoms with van der Waals surface area (Å²) in [5, 5.41) is 3.84. The summed E-state index contributed by atoms with van der Waals surface area (Å²) in [5.41, 5.74) is 3.77. The molecule has 0 saturated carbocycles. The topological polar surface area (TPSA) is 32.3 Å². The zero-order valence-corrected chi connectivity index (χ0v) is 13.3. The van der Waals surface area contributed by atoms with E-state index in [-0.39, 0.29) is 11.8 Å². The number of nitrogens with one attached hydrogen (secondary N) is 1. The Kier molecular flexibility index (Phi) is 4.03. The second-order valence-corrected chi connectivity index (χ2v) is 5.71. The Morgan fingerprint density at radius 3 is 2.55 bits per heavy atom. The van der Waals surface area contributed by atoms with Gasteiger partial charge in [0.25, 0.3) is 0 Å². The summed E-state index contributed by atoms with van der Waals surface area (Å²) >= 11 is 6.10. The minimum absolute atomic E-state index is 0.0278. The van der Waals surface area contributed by atoms with Crippen molar-refractivity contribution in [3.05, 3.63) is 64.7 Å². The van der Waals surface area contributed by atoms with E-state index in [4.69, 9.17) is 11.6 Å². The third-order valence-corrected chi connectivity index (χ3v) is 4.32. The summed E-state index contributed by atoms with van der Waals surface area (Å²) in [6, 6.07) is 15.5. The molecule has 110 valence electrons. The van der Waals surface area contributed by atoms with E-state index >= 15 is 0 Å². The van der Waals surface area contributed by atoms with Crippen molar-refractivity contribution in [3.63, 3.8) is 0 Å². The SMILES string of the molecule is CNC1=BC(=O)N(c2ccc(Cl)c(C)c2)C1c1ccccc1. The number of likely N-dealkylation sites (N-methyl/N-ethyl adjacent to an activating group) is 1. The molecule has 2 aromatic rings. The Morgan fingerprint density at radius 2 is 1.91 bits per heavy atom. The van der Waals surface area contributed by atoms with Gasteiger partial charge in [0.05, 0.1) is 0 Å². The molecule has 0 fully saturated rings. The van der Waals surface area contributed by atoms with Gasteiger partial charge in [-0.3, -0.25) is 0 Å². The summed E-state index contributed by atoms with van der Waals surface area (Å²) in [4.78, 5) is 14.3. The van der Waals surface area contributed by atoms with Crippen molar-refractivity contribution >= 4 is 35.6 Å². The van der Waals surface area contributed by atoms with Gasteiger partial charge >= 0.3 is 135 Å². The van der Waals surface area contributed by atoms with Gasteiger partial charge in [0.15, 0.2) is 0 Å². The molecule has 1 unspecified atom stereocenters. The quantitative estimate of drug-likeness (QED) is 0.882. The molecule has 22 heavy (non-hydrogen) atoms. The van der Waals surface area contributed by atoms with Crippen molar-refractivity contribution < 1.29 is 4.79 Å². The number of halogens is 1. The molecule has 3 rings (SSSR count). The fourth-order valence-electron chi connectivity index (χ4n) is 2.78. The minimum atomic E-state index is -0.140. The number of hydrogen-bond donors (Lipinski definition) is 1. The van der Waals surface area contributed by atoms with E-state index in [0.717, 1.165) is 22.4 Å². The average molecular weight is 311 g/mol. The summed E-state index contributed by atoms with van der Waals surface area (Å²) in [5.74, 6) is -0.0278. The molecule has 0 saturated heterocycles. The number of nitrogens with zero attached hydrogens (tertiary/aromatic N) is 1. The normalized spacial score (nSPS) is 17.2. The molecule has 0 aliphatic carbocycles. The standard InChI is InChI=1S/C17H16BClN2O/c1-11-10-13(8-9-14(11)19)21-15(12-6-4-3-5-7-12)16(20-2)18-17(21)22/h3-10,15,20H,1-2H3. The molecule has 1 aliphatic heterocycles. The monoisotopic (exact) mass is 310 g/mol. The molecule has 0 bridgehead atoms. The first kappa shape index (κ1) is 14.9. The fraction of sp³-hybridized carbons (Fsp3) is 0.176. The molecule has 1 aliphatic rings. The molecule has 5 heteroatoms. The van der Waals surface area contributed by atoms with Gasteiger partial charge in [-0.25, -0.2) is 0 Å². The van der Waals surface area contributed by atoms with E-state index in [1.165, 1.54) is 0 Å². The Balaban J connectivity index is 2.08. The molecular weight excluding hydrogens is 294 g/mol. The molecular formula is C17H16BClN2O. The van der Waals surface area contributed by atoms with Gasteiger partial charge in [-0.1, -0.05) is 0 Å². The summed E-state index contributed by atoms with van der Waals surface area (Å²) in [7, 11) is 1.84. The van der Waals surface area contributed by atoms with Gasteiger partial charge in [0, 0.05) is 0 Å². The van der Waals surface area contributed by atoms with Crippen LogP contribution < -0.4 is 10.2 Å². The molecule has 0 spiro atoms. The van der Waals surface area contributed by atoms with E-state index in [1.54, 1.807) is 11.8 Å². The van der Waals surface area contributed by atoms with Crippen molar-refractivity contribution in [1.29, 1.82) is 0 Å². The molecule has 1 atom stereocenters. The van der Waals surface area contributed by atoms with Crippen LogP contribution in [0.25, 0.3) is 0 Å². The zero-order chi connectivity index (χ0) is 15.7. The Morgan fingerprint density at radius 1 is 1.18 bits per heavy atom. The second-order valence-electron chi connectivity index (χ2n) is 5.30. The van der Waals surface area contributed by atoms with Crippen molar-refractivity contribution in [2.45, 2.75) is 13.0 Å². The van der Waals surface area contributed by atoms with Crippen molar-refractivity contribution in [1.82, 2.24) is 5.32 Å². The first-order chi connectivity index (χ1) is 10.6. The van der Waals surface area contributed by atoms with E-state index in [9.17, 15) is 4.79 Å². The number of hydrogen-bond acceptors (Lipinski definition) is 2. The van der Waals surface area contributed by atoms with E-state index in [2.05, 4.69) is 5.32 Å². The van der Waals surface area contributed by atoms with Crippen LogP contribution in [0.5, 0.6) is 0 Å². The Bertz CT molecular complexity index is 746. The zero-order valence-electron chi connectivity index (χ0n) is 12.5. The van der Waals surface area contributed by atoms with Crippen LogP contribution >= 0.6 is 11.6 Å². The summed E-state index contributed by atoms with van der Waals surface area (Å²) < 4.78 is 0. The second kappa shape index (κ2) is 5.97. The first-order valence-electron chi connectivity index (χ1n) is 7.15. The van der Waals surface area contributed by atoms with E-state index < -0.39 is 0 Å². The van der Waals surface area contributed by atoms with Crippen LogP contribution in [0, 0.1) is 6.92 Å². The number of benzene rings is 2. The number of aryl methyl sites for hydroxylation is 1. The summed E-state index contributed by atoms with van der Waals surface area (Å²) in [6.45, 7) is 3.60. The summed E-state index contributed by atoms with van der Waals surface area (Å²) in [6.07, 6.45) is 0. The maximum absolute atomic E-state index is 12.5. The number of carbonyl (C=O) groups is 1. The predicted molar refractivity (Wildman–Crippen MR) is 93.1 cm³/mol. The number of anilines is 1. The molecule has 2 aromatic carbocycles. The van der Waals surface area contributed by atoms with Crippen molar-refractivity contribution in [3.8, 4) is 0 Å². The van der Waals surface area contributed by atoms with Gasteiger partial charge in [-0.2, -0.15) is 0 Å². The maximum atomic E-state index is 12.5. The fourth-order valence-corrected chi connectivity index (χ4v) is 2.89. The van der Waals surface area contributed by atoms with Gasteiger partial charge in [0.2, 0.25) is 0 Å². The van der Waals surface area contributed by atoms with Crippen LogP contribution in [0.15, 0.2) is 48.5 Å². The van der Waals surface area contributed by atoms with Gasteiger partial charge in [-0.05, 0) is 0 Å².